The van der Waals surface area contributed by atoms with Gasteiger partial charge in [0.25, 0.3) is 0 Å². The summed E-state index contributed by atoms with van der Waals surface area (Å²) in [5, 5.41) is 0.695. The maximum absolute atomic E-state index is 14.2. The number of aromatic amines is 1. The second kappa shape index (κ2) is 4.52. The Hall–Kier alpha value is -2.13. The smallest absolute Gasteiger partial charge is 0.168 e. The van der Waals surface area contributed by atoms with Gasteiger partial charge in [-0.3, -0.25) is 0 Å². The monoisotopic (exact) mass is 272 g/mol. The van der Waals surface area contributed by atoms with E-state index in [0.29, 0.717) is 16.5 Å². The lowest BCUT2D eigenvalue weighted by Crippen LogP contribution is -1.92. The molecule has 3 rings (SSSR count). The molecule has 0 unspecified atom stereocenters. The number of halogens is 2. The van der Waals surface area contributed by atoms with Gasteiger partial charge in [-0.25, -0.2) is 9.37 Å². The van der Waals surface area contributed by atoms with Gasteiger partial charge in [-0.05, 0) is 17.7 Å². The number of nitrogens with one attached hydrogen (secondary N) is 1. The van der Waals surface area contributed by atoms with E-state index in [0.717, 1.165) is 5.56 Å². The van der Waals surface area contributed by atoms with Gasteiger partial charge in [-0.1, -0.05) is 36.4 Å². The predicted octanol–water partition coefficient (Wildman–Crippen LogP) is 4.67. The summed E-state index contributed by atoms with van der Waals surface area (Å²) in [4.78, 5) is 7.24. The highest BCUT2D eigenvalue weighted by atomic mass is 35.5. The summed E-state index contributed by atoms with van der Waals surface area (Å²) < 4.78 is 14.2. The van der Waals surface area contributed by atoms with Crippen LogP contribution in [-0.4, -0.2) is 9.97 Å². The van der Waals surface area contributed by atoms with Crippen molar-refractivity contribution >= 4 is 28.6 Å². The van der Waals surface area contributed by atoms with E-state index in [1.54, 1.807) is 30.6 Å². The molecule has 3 aromatic rings. The zero-order chi connectivity index (χ0) is 13.4. The summed E-state index contributed by atoms with van der Waals surface area (Å²) in [6, 6.07) is 7.18. The topological polar surface area (TPSA) is 28.7 Å². The first-order chi connectivity index (χ1) is 9.20. The van der Waals surface area contributed by atoms with Gasteiger partial charge in [0.05, 0.1) is 10.5 Å². The summed E-state index contributed by atoms with van der Waals surface area (Å²) in [5.74, 6) is -0.500. The molecule has 1 N–H and O–H groups in total. The molecule has 2 heterocycles. The van der Waals surface area contributed by atoms with Crippen molar-refractivity contribution in [1.29, 1.82) is 0 Å². The van der Waals surface area contributed by atoms with Crippen LogP contribution in [0.1, 0.15) is 5.56 Å². The Morgan fingerprint density at radius 1 is 1.32 bits per heavy atom. The van der Waals surface area contributed by atoms with E-state index >= 15 is 0 Å². The molecule has 19 heavy (non-hydrogen) atoms. The number of aromatic nitrogens is 2. The standard InChI is InChI=1S/C15H10ClFN2/c1-2-9-3-4-11-12(7-9)19-15(14(17)13(11)16)10-5-6-18-8-10/h2-8,18H,1H2. The molecule has 0 saturated heterocycles. The number of hydrogen-bond acceptors (Lipinski definition) is 1. The molecular formula is C15H10ClFN2. The molecule has 2 aromatic heterocycles. The highest BCUT2D eigenvalue weighted by Gasteiger charge is 2.15. The lowest BCUT2D eigenvalue weighted by atomic mass is 10.1. The minimum absolute atomic E-state index is 0.0943. The van der Waals surface area contributed by atoms with E-state index < -0.39 is 5.82 Å². The molecule has 0 aliphatic carbocycles. The fourth-order valence-electron chi connectivity index (χ4n) is 2.01. The molecule has 0 aliphatic heterocycles. The first-order valence-corrected chi connectivity index (χ1v) is 6.13. The third-order valence-corrected chi connectivity index (χ3v) is 3.37. The molecule has 2 nitrogen and oxygen atoms in total. The molecule has 1 aromatic carbocycles. The summed E-state index contributed by atoms with van der Waals surface area (Å²) in [6.07, 6.45) is 5.12. The Balaban J connectivity index is 2.35. The summed E-state index contributed by atoms with van der Waals surface area (Å²) >= 11 is 6.09. The first kappa shape index (κ1) is 11.9. The van der Waals surface area contributed by atoms with Crippen LogP contribution in [-0.2, 0) is 0 Å². The molecule has 0 amide bonds. The van der Waals surface area contributed by atoms with Crippen molar-refractivity contribution in [2.75, 3.05) is 0 Å². The Labute approximate surface area is 114 Å². The number of fused-ring (bicyclic) bond motifs is 1. The molecule has 0 fully saturated rings. The van der Waals surface area contributed by atoms with Gasteiger partial charge in [0, 0.05) is 23.3 Å². The predicted molar refractivity (Wildman–Crippen MR) is 76.6 cm³/mol. The van der Waals surface area contributed by atoms with Crippen molar-refractivity contribution in [3.05, 3.63) is 59.6 Å². The summed E-state index contributed by atoms with van der Waals surface area (Å²) in [5.41, 5.74) is 2.49. The maximum atomic E-state index is 14.2. The largest absolute Gasteiger partial charge is 0.367 e. The van der Waals surface area contributed by atoms with Crippen LogP contribution in [0.2, 0.25) is 5.02 Å². The van der Waals surface area contributed by atoms with Crippen LogP contribution in [0.5, 0.6) is 0 Å². The first-order valence-electron chi connectivity index (χ1n) is 5.75. The quantitative estimate of drug-likeness (QED) is 0.722. The SMILES string of the molecule is C=Cc1ccc2c(Cl)c(F)c(-c3cc[nH]c3)nc2c1. The Kier molecular flexibility index (Phi) is 2.84. The number of H-pyrrole nitrogens is 1. The summed E-state index contributed by atoms with van der Waals surface area (Å²) in [6.45, 7) is 3.71. The Morgan fingerprint density at radius 2 is 2.16 bits per heavy atom. The molecule has 0 atom stereocenters. The molecule has 0 bridgehead atoms. The summed E-state index contributed by atoms with van der Waals surface area (Å²) in [7, 11) is 0. The molecule has 0 saturated carbocycles. The van der Waals surface area contributed by atoms with Gasteiger partial charge in [-0.2, -0.15) is 0 Å². The van der Waals surface area contributed by atoms with E-state index in [1.807, 2.05) is 12.1 Å². The number of hydrogen-bond donors (Lipinski definition) is 1. The maximum Gasteiger partial charge on any atom is 0.168 e. The third kappa shape index (κ3) is 1.92. The van der Waals surface area contributed by atoms with Crippen molar-refractivity contribution in [3.63, 3.8) is 0 Å². The average Bonchev–Trinajstić information content (AvgIpc) is 2.96. The van der Waals surface area contributed by atoms with Crippen LogP contribution in [0.25, 0.3) is 28.2 Å². The van der Waals surface area contributed by atoms with Crippen molar-refractivity contribution < 1.29 is 4.39 Å². The number of rotatable bonds is 2. The number of benzene rings is 1. The van der Waals surface area contributed by atoms with E-state index in [2.05, 4.69) is 16.5 Å². The molecule has 0 radical (unpaired) electrons. The molecule has 94 valence electrons. The minimum Gasteiger partial charge on any atom is -0.367 e. The molecule has 0 aliphatic rings. The number of nitrogens with zero attached hydrogens (tertiary/aromatic N) is 1. The van der Waals surface area contributed by atoms with Crippen LogP contribution in [0, 0.1) is 5.82 Å². The van der Waals surface area contributed by atoms with Crippen LogP contribution >= 0.6 is 11.6 Å². The van der Waals surface area contributed by atoms with E-state index in [9.17, 15) is 4.39 Å². The van der Waals surface area contributed by atoms with Gasteiger partial charge in [0.15, 0.2) is 5.82 Å². The van der Waals surface area contributed by atoms with Crippen LogP contribution in [0.15, 0.2) is 43.2 Å². The third-order valence-electron chi connectivity index (χ3n) is 3.00. The van der Waals surface area contributed by atoms with Gasteiger partial charge >= 0.3 is 0 Å². The lowest BCUT2D eigenvalue weighted by Gasteiger charge is -2.07. The fraction of sp³-hybridized carbons (Fsp3) is 0. The van der Waals surface area contributed by atoms with Crippen molar-refractivity contribution in [1.82, 2.24) is 9.97 Å². The normalized spacial score (nSPS) is 10.8. The van der Waals surface area contributed by atoms with Gasteiger partial charge in [-0.15, -0.1) is 0 Å². The van der Waals surface area contributed by atoms with Gasteiger partial charge in [0.2, 0.25) is 0 Å². The van der Waals surface area contributed by atoms with Crippen molar-refractivity contribution in [2.45, 2.75) is 0 Å². The average molecular weight is 273 g/mol. The minimum atomic E-state index is -0.500. The second-order valence-electron chi connectivity index (χ2n) is 4.17. The second-order valence-corrected chi connectivity index (χ2v) is 4.55. The molecule has 0 spiro atoms. The Morgan fingerprint density at radius 3 is 2.84 bits per heavy atom. The lowest BCUT2D eigenvalue weighted by molar-refractivity contribution is 0.629. The number of pyridine rings is 1. The van der Waals surface area contributed by atoms with Crippen molar-refractivity contribution in [2.24, 2.45) is 0 Å². The molecule has 4 heteroatoms. The zero-order valence-corrected chi connectivity index (χ0v) is 10.7. The van der Waals surface area contributed by atoms with E-state index in [1.165, 1.54) is 0 Å². The molecular weight excluding hydrogens is 263 g/mol. The highest BCUT2D eigenvalue weighted by molar-refractivity contribution is 6.35. The van der Waals surface area contributed by atoms with E-state index in [-0.39, 0.29) is 10.7 Å². The van der Waals surface area contributed by atoms with Gasteiger partial charge in [0.1, 0.15) is 5.69 Å². The van der Waals surface area contributed by atoms with Crippen LogP contribution in [0.3, 0.4) is 0 Å². The van der Waals surface area contributed by atoms with Gasteiger partial charge < -0.3 is 4.98 Å². The highest BCUT2D eigenvalue weighted by Crippen LogP contribution is 2.32. The zero-order valence-electron chi connectivity index (χ0n) is 9.95. The van der Waals surface area contributed by atoms with Crippen LogP contribution in [0.4, 0.5) is 4.39 Å². The van der Waals surface area contributed by atoms with Crippen LogP contribution < -0.4 is 0 Å². The Bertz CT molecular complexity index is 763. The van der Waals surface area contributed by atoms with E-state index in [4.69, 9.17) is 11.6 Å². The van der Waals surface area contributed by atoms with Crippen molar-refractivity contribution in [3.8, 4) is 11.3 Å². The fourth-order valence-corrected chi connectivity index (χ4v) is 2.26.